The number of benzene rings is 1. The van der Waals surface area contributed by atoms with Crippen molar-refractivity contribution >= 4 is 21.8 Å². The first-order valence-electron chi connectivity index (χ1n) is 5.36. The second kappa shape index (κ2) is 5.83. The number of rotatable bonds is 4. The molecule has 0 radical (unpaired) electrons. The number of carbonyl (C=O) groups is 1. The van der Waals surface area contributed by atoms with Gasteiger partial charge < -0.3 is 5.32 Å². The summed E-state index contributed by atoms with van der Waals surface area (Å²) in [5.41, 5.74) is 0.771. The second-order valence-electron chi connectivity index (χ2n) is 4.54. The minimum Gasteiger partial charge on any atom is -0.350 e. The molecule has 3 nitrogen and oxygen atoms in total. The molecule has 17 heavy (non-hydrogen) atoms. The molecular formula is C13H15BrN2O. The molecule has 90 valence electrons. The molecule has 0 aliphatic rings. The Morgan fingerprint density at radius 1 is 1.47 bits per heavy atom. The van der Waals surface area contributed by atoms with Crippen molar-refractivity contribution in [3.63, 3.8) is 0 Å². The Balaban J connectivity index is 2.70. The van der Waals surface area contributed by atoms with E-state index in [-0.39, 0.29) is 17.9 Å². The topological polar surface area (TPSA) is 52.9 Å². The normalized spacial score (nSPS) is 10.7. The highest BCUT2D eigenvalue weighted by atomic mass is 79.9. The van der Waals surface area contributed by atoms with E-state index in [9.17, 15) is 4.79 Å². The van der Waals surface area contributed by atoms with Gasteiger partial charge in [0, 0.05) is 10.0 Å². The van der Waals surface area contributed by atoms with Crippen LogP contribution in [0, 0.1) is 11.3 Å². The molecule has 1 N–H and O–H groups in total. The summed E-state index contributed by atoms with van der Waals surface area (Å²) in [6, 6.07) is 9.75. The van der Waals surface area contributed by atoms with Crippen molar-refractivity contribution in [3.8, 4) is 6.07 Å². The van der Waals surface area contributed by atoms with Crippen LogP contribution in [0.25, 0.3) is 0 Å². The number of nitrogens with zero attached hydrogens (tertiary/aromatic N) is 1. The molecule has 1 aromatic rings. The van der Waals surface area contributed by atoms with Crippen LogP contribution in [0.4, 0.5) is 0 Å². The maximum atomic E-state index is 11.4. The Morgan fingerprint density at radius 3 is 2.71 bits per heavy atom. The van der Waals surface area contributed by atoms with Gasteiger partial charge in [-0.1, -0.05) is 34.1 Å². The number of carbonyl (C=O) groups excluding carboxylic acids is 1. The first kappa shape index (κ1) is 13.7. The zero-order valence-corrected chi connectivity index (χ0v) is 11.5. The van der Waals surface area contributed by atoms with E-state index < -0.39 is 0 Å². The van der Waals surface area contributed by atoms with Crippen molar-refractivity contribution in [1.29, 1.82) is 5.26 Å². The van der Waals surface area contributed by atoms with E-state index in [1.165, 1.54) is 0 Å². The van der Waals surface area contributed by atoms with Crippen LogP contribution in [0.15, 0.2) is 28.7 Å². The standard InChI is InChI=1S/C13H15BrN2O/c1-13(2,16-12(17)7-8-15)9-10-5-3-4-6-11(10)14/h3-6H,7,9H2,1-2H3,(H,16,17). The maximum absolute atomic E-state index is 11.4. The fourth-order valence-electron chi connectivity index (χ4n) is 1.66. The molecule has 0 atom stereocenters. The number of hydrogen-bond donors (Lipinski definition) is 1. The molecule has 0 saturated heterocycles. The van der Waals surface area contributed by atoms with Gasteiger partial charge in [-0.2, -0.15) is 5.26 Å². The molecule has 0 bridgehead atoms. The van der Waals surface area contributed by atoms with E-state index in [0.29, 0.717) is 6.42 Å². The van der Waals surface area contributed by atoms with Gasteiger partial charge in [0.25, 0.3) is 0 Å². The summed E-state index contributed by atoms with van der Waals surface area (Å²) < 4.78 is 1.03. The minimum absolute atomic E-state index is 0.0978. The number of hydrogen-bond acceptors (Lipinski definition) is 2. The van der Waals surface area contributed by atoms with Gasteiger partial charge in [-0.15, -0.1) is 0 Å². The Labute approximate surface area is 110 Å². The van der Waals surface area contributed by atoms with Crippen molar-refractivity contribution in [3.05, 3.63) is 34.3 Å². The highest BCUT2D eigenvalue weighted by Gasteiger charge is 2.21. The highest BCUT2D eigenvalue weighted by molar-refractivity contribution is 9.10. The van der Waals surface area contributed by atoms with Gasteiger partial charge in [-0.05, 0) is 31.9 Å². The van der Waals surface area contributed by atoms with E-state index in [1.54, 1.807) is 0 Å². The molecule has 0 aliphatic heterocycles. The van der Waals surface area contributed by atoms with Crippen LogP contribution in [0.3, 0.4) is 0 Å². The van der Waals surface area contributed by atoms with Gasteiger partial charge in [-0.3, -0.25) is 4.79 Å². The molecule has 0 aromatic heterocycles. The molecule has 1 amide bonds. The van der Waals surface area contributed by atoms with Gasteiger partial charge in [0.1, 0.15) is 6.42 Å². The molecule has 0 saturated carbocycles. The lowest BCUT2D eigenvalue weighted by Gasteiger charge is -2.26. The van der Waals surface area contributed by atoms with E-state index in [2.05, 4.69) is 21.2 Å². The van der Waals surface area contributed by atoms with Crippen LogP contribution < -0.4 is 5.32 Å². The van der Waals surface area contributed by atoms with Crippen molar-refractivity contribution in [2.45, 2.75) is 32.2 Å². The molecule has 0 spiro atoms. The predicted molar refractivity (Wildman–Crippen MR) is 70.3 cm³/mol. The van der Waals surface area contributed by atoms with Crippen LogP contribution in [-0.4, -0.2) is 11.4 Å². The molecule has 1 aromatic carbocycles. The average Bonchev–Trinajstić information content (AvgIpc) is 2.20. The van der Waals surface area contributed by atoms with E-state index in [4.69, 9.17) is 5.26 Å². The maximum Gasteiger partial charge on any atom is 0.234 e. The van der Waals surface area contributed by atoms with Crippen molar-refractivity contribution in [1.82, 2.24) is 5.32 Å². The van der Waals surface area contributed by atoms with Crippen molar-refractivity contribution < 1.29 is 4.79 Å². The van der Waals surface area contributed by atoms with Crippen LogP contribution in [0.2, 0.25) is 0 Å². The fraction of sp³-hybridized carbons (Fsp3) is 0.385. The van der Waals surface area contributed by atoms with E-state index >= 15 is 0 Å². The summed E-state index contributed by atoms with van der Waals surface area (Å²) >= 11 is 3.48. The SMILES string of the molecule is CC(C)(Cc1ccccc1Br)NC(=O)CC#N. The van der Waals surface area contributed by atoms with E-state index in [0.717, 1.165) is 10.0 Å². The Kier molecular flexibility index (Phi) is 4.71. The summed E-state index contributed by atoms with van der Waals surface area (Å²) in [7, 11) is 0. The number of amides is 1. The molecule has 1 rings (SSSR count). The quantitative estimate of drug-likeness (QED) is 0.928. The molecule has 0 fully saturated rings. The Morgan fingerprint density at radius 2 is 2.12 bits per heavy atom. The molecule has 0 heterocycles. The fourth-order valence-corrected chi connectivity index (χ4v) is 2.08. The third kappa shape index (κ3) is 4.58. The second-order valence-corrected chi connectivity index (χ2v) is 5.39. The molecule has 0 unspecified atom stereocenters. The summed E-state index contributed by atoms with van der Waals surface area (Å²) in [4.78, 5) is 11.4. The van der Waals surface area contributed by atoms with E-state index in [1.807, 2.05) is 44.2 Å². The molecule has 4 heteroatoms. The van der Waals surface area contributed by atoms with Gasteiger partial charge in [0.05, 0.1) is 6.07 Å². The van der Waals surface area contributed by atoms with Crippen LogP contribution in [0.1, 0.15) is 25.8 Å². The lowest BCUT2D eigenvalue weighted by atomic mass is 9.95. The third-order valence-corrected chi connectivity index (χ3v) is 3.08. The van der Waals surface area contributed by atoms with Crippen molar-refractivity contribution in [2.24, 2.45) is 0 Å². The predicted octanol–water partition coefficient (Wildman–Crippen LogP) is 2.80. The lowest BCUT2D eigenvalue weighted by Crippen LogP contribution is -2.45. The van der Waals surface area contributed by atoms with Gasteiger partial charge in [0.2, 0.25) is 5.91 Å². The smallest absolute Gasteiger partial charge is 0.234 e. The summed E-state index contributed by atoms with van der Waals surface area (Å²) in [5.74, 6) is -0.232. The first-order valence-corrected chi connectivity index (χ1v) is 6.15. The number of halogens is 1. The lowest BCUT2D eigenvalue weighted by molar-refractivity contribution is -0.121. The Bertz CT molecular complexity index is 449. The van der Waals surface area contributed by atoms with Crippen LogP contribution in [0.5, 0.6) is 0 Å². The first-order chi connectivity index (χ1) is 7.94. The van der Waals surface area contributed by atoms with Gasteiger partial charge >= 0.3 is 0 Å². The number of nitriles is 1. The summed E-state index contributed by atoms with van der Waals surface area (Å²) in [6.45, 7) is 3.89. The summed E-state index contributed by atoms with van der Waals surface area (Å²) in [5, 5.41) is 11.3. The van der Waals surface area contributed by atoms with Gasteiger partial charge in [0.15, 0.2) is 0 Å². The molecular weight excluding hydrogens is 280 g/mol. The molecule has 0 aliphatic carbocycles. The highest BCUT2D eigenvalue weighted by Crippen LogP contribution is 2.21. The Hall–Kier alpha value is -1.34. The summed E-state index contributed by atoms with van der Waals surface area (Å²) in [6.07, 6.45) is 0.616. The zero-order chi connectivity index (χ0) is 12.9. The number of nitrogens with one attached hydrogen (secondary N) is 1. The zero-order valence-electron chi connectivity index (χ0n) is 9.96. The monoisotopic (exact) mass is 294 g/mol. The van der Waals surface area contributed by atoms with Crippen LogP contribution in [-0.2, 0) is 11.2 Å². The average molecular weight is 295 g/mol. The minimum atomic E-state index is -0.363. The van der Waals surface area contributed by atoms with Gasteiger partial charge in [-0.25, -0.2) is 0 Å². The third-order valence-electron chi connectivity index (χ3n) is 2.31. The van der Waals surface area contributed by atoms with Crippen LogP contribution >= 0.6 is 15.9 Å². The largest absolute Gasteiger partial charge is 0.350 e. The van der Waals surface area contributed by atoms with Crippen molar-refractivity contribution in [2.75, 3.05) is 0 Å².